The number of hydrogen-bond donors (Lipinski definition) is 1. The van der Waals surface area contributed by atoms with Crippen LogP contribution in [0.3, 0.4) is 0 Å². The molecule has 19 valence electrons. The fourth-order valence-corrected chi connectivity index (χ4v) is 0. The van der Waals surface area contributed by atoms with Crippen LogP contribution in [0.2, 0.25) is 0 Å². The first kappa shape index (κ1) is 29.8. The molecule has 0 saturated heterocycles. The summed E-state index contributed by atoms with van der Waals surface area (Å²) in [5, 5.41) is 0. The molecule has 0 aromatic heterocycles. The molecule has 0 heterocycles. The van der Waals surface area contributed by atoms with Crippen LogP contribution in [0.15, 0.2) is 0 Å². The van der Waals surface area contributed by atoms with Crippen molar-refractivity contribution in [2.75, 3.05) is 0 Å². The minimum absolute atomic E-state index is 0. The van der Waals surface area contributed by atoms with E-state index in [1.54, 1.807) is 0 Å². The third kappa shape index (κ3) is 8.83. The molecule has 3 N–H and O–H groups in total. The Kier molecular flexibility index (Phi) is 128. The summed E-state index contributed by atoms with van der Waals surface area (Å²) < 4.78 is 0. The Morgan fingerprint density at radius 3 is 1.00 bits per heavy atom. The van der Waals surface area contributed by atoms with Gasteiger partial charge in [-0.2, -0.15) is 13.5 Å². The fourth-order valence-electron chi connectivity index (χ4n) is 0. The zero-order valence-electron chi connectivity index (χ0n) is 2.91. The summed E-state index contributed by atoms with van der Waals surface area (Å²) in [5.74, 6) is 0. The smallest absolute Gasteiger partial charge is 0 e. The van der Waals surface area contributed by atoms with Gasteiger partial charge in [-0.05, 0) is 0 Å². The van der Waals surface area contributed by atoms with Crippen LogP contribution in [-0.2, 0) is 0 Å². The molecule has 0 aromatic carbocycles. The van der Waals surface area contributed by atoms with Crippen molar-refractivity contribution in [1.29, 1.82) is 0 Å². The molecule has 0 aliphatic rings. The van der Waals surface area contributed by atoms with Crippen molar-refractivity contribution in [3.05, 3.63) is 0 Å². The molecule has 3 radical (unpaired) electrons. The van der Waals surface area contributed by atoms with E-state index in [4.69, 9.17) is 0 Å². The first-order chi connectivity index (χ1) is 0. The molecular formula is H5KMgNS. The van der Waals surface area contributed by atoms with Crippen LogP contribution in [0, 0.1) is 0 Å². The molecule has 0 unspecified atom stereocenters. The number of hydrogen-bond acceptors (Lipinski definition) is 1. The van der Waals surface area contributed by atoms with Gasteiger partial charge in [-0.25, -0.2) is 0 Å². The van der Waals surface area contributed by atoms with E-state index in [9.17, 15) is 0 Å². The zero-order chi connectivity index (χ0) is 0. The van der Waals surface area contributed by atoms with E-state index in [-0.39, 0.29) is 94.1 Å². The van der Waals surface area contributed by atoms with Gasteiger partial charge in [0.05, 0.1) is 0 Å². The summed E-state index contributed by atoms with van der Waals surface area (Å²) in [6.07, 6.45) is 0. The van der Waals surface area contributed by atoms with E-state index in [0.717, 1.165) is 0 Å². The van der Waals surface area contributed by atoms with Gasteiger partial charge in [-0.15, -0.1) is 0 Å². The van der Waals surface area contributed by atoms with Crippen molar-refractivity contribution in [2.45, 2.75) is 0 Å². The summed E-state index contributed by atoms with van der Waals surface area (Å²) in [5.41, 5.74) is 0. The van der Waals surface area contributed by atoms with Crippen LogP contribution in [-0.4, -0.2) is 74.4 Å². The Morgan fingerprint density at radius 1 is 1.00 bits per heavy atom. The normalized spacial score (nSPS) is 0. The second-order valence-electron chi connectivity index (χ2n) is 0. The molecule has 1 nitrogen and oxygen atoms in total. The van der Waals surface area contributed by atoms with Gasteiger partial charge in [0.15, 0.2) is 0 Å². The predicted molar refractivity (Wildman–Crippen MR) is 26.9 cm³/mol. The van der Waals surface area contributed by atoms with E-state index < -0.39 is 0 Å². The fraction of sp³-hybridized carbons (Fsp3) is 0. The maximum Gasteiger partial charge on any atom is 0 e. The molecule has 0 aliphatic carbocycles. The minimum atomic E-state index is 0. The van der Waals surface area contributed by atoms with Crippen molar-refractivity contribution in [1.82, 2.24) is 6.15 Å². The summed E-state index contributed by atoms with van der Waals surface area (Å²) in [6.45, 7) is 0. The van der Waals surface area contributed by atoms with Gasteiger partial charge in [0, 0.05) is 74.4 Å². The summed E-state index contributed by atoms with van der Waals surface area (Å²) >= 11 is 0. The summed E-state index contributed by atoms with van der Waals surface area (Å²) in [7, 11) is 0. The first-order valence-electron chi connectivity index (χ1n) is 0. The van der Waals surface area contributed by atoms with Crippen LogP contribution >= 0.6 is 13.5 Å². The first-order valence-corrected chi connectivity index (χ1v) is 0. The molecule has 0 rings (SSSR count). The van der Waals surface area contributed by atoms with Crippen molar-refractivity contribution >= 4 is 87.9 Å². The van der Waals surface area contributed by atoms with Crippen molar-refractivity contribution < 1.29 is 0 Å². The zero-order valence-corrected chi connectivity index (χ0v) is 8.45. The van der Waals surface area contributed by atoms with Gasteiger partial charge in [-0.3, -0.25) is 0 Å². The topological polar surface area (TPSA) is 35.0 Å². The van der Waals surface area contributed by atoms with Crippen molar-refractivity contribution in [2.24, 2.45) is 0 Å². The molecule has 4 heteroatoms. The van der Waals surface area contributed by atoms with Gasteiger partial charge in [0.1, 0.15) is 0 Å². The Bertz CT molecular complexity index is 8.00. The Hall–Kier alpha value is 2.71. The van der Waals surface area contributed by atoms with Crippen LogP contribution in [0.25, 0.3) is 0 Å². The Balaban J connectivity index is 0. The maximum atomic E-state index is 0. The molecule has 0 bridgehead atoms. The van der Waals surface area contributed by atoms with Gasteiger partial charge in [-0.1, -0.05) is 0 Å². The van der Waals surface area contributed by atoms with Gasteiger partial charge in [0.2, 0.25) is 0 Å². The Morgan fingerprint density at radius 2 is 1.00 bits per heavy atom. The van der Waals surface area contributed by atoms with Gasteiger partial charge in [0.25, 0.3) is 0 Å². The summed E-state index contributed by atoms with van der Waals surface area (Å²) in [4.78, 5) is 0. The van der Waals surface area contributed by atoms with E-state index in [0.29, 0.717) is 0 Å². The largest absolute Gasteiger partial charge is 0.344 e. The molecule has 0 fully saturated rings. The molecule has 0 atom stereocenters. The summed E-state index contributed by atoms with van der Waals surface area (Å²) in [6, 6.07) is 0. The average Bonchev–Trinajstić information content (AvgIpc) is 0. The minimum Gasteiger partial charge on any atom is -0.344 e. The van der Waals surface area contributed by atoms with E-state index in [1.807, 2.05) is 0 Å². The SMILES string of the molecule is N.S.[K].[Mg]. The molecule has 0 spiro atoms. The van der Waals surface area contributed by atoms with Crippen molar-refractivity contribution in [3.8, 4) is 0 Å². The van der Waals surface area contributed by atoms with Gasteiger partial charge >= 0.3 is 0 Å². The van der Waals surface area contributed by atoms with E-state index >= 15 is 0 Å². The number of rotatable bonds is 0. The van der Waals surface area contributed by atoms with Crippen LogP contribution in [0.1, 0.15) is 0 Å². The standard InChI is InChI=1S/K.Mg.H3N.H2S/h;;1H3;1H2. The van der Waals surface area contributed by atoms with Crippen LogP contribution in [0.4, 0.5) is 0 Å². The molecule has 0 aromatic rings. The third-order valence-corrected chi connectivity index (χ3v) is 0. The second-order valence-corrected chi connectivity index (χ2v) is 0. The monoisotopic (exact) mass is 114 g/mol. The predicted octanol–water partition coefficient (Wildman–Crippen LogP) is -0.487. The average molecular weight is 115 g/mol. The maximum absolute atomic E-state index is 0. The van der Waals surface area contributed by atoms with Crippen LogP contribution < -0.4 is 6.15 Å². The van der Waals surface area contributed by atoms with E-state index in [1.165, 1.54) is 0 Å². The van der Waals surface area contributed by atoms with Crippen LogP contribution in [0.5, 0.6) is 0 Å². The quantitative estimate of drug-likeness (QED) is 0.424. The van der Waals surface area contributed by atoms with Gasteiger partial charge < -0.3 is 6.15 Å². The van der Waals surface area contributed by atoms with E-state index in [2.05, 4.69) is 0 Å². The molecular weight excluding hydrogens is 109 g/mol. The molecule has 0 amide bonds. The Labute approximate surface area is 91.9 Å². The third-order valence-electron chi connectivity index (χ3n) is 0. The molecule has 0 aliphatic heterocycles. The molecule has 0 saturated carbocycles. The van der Waals surface area contributed by atoms with Crippen molar-refractivity contribution in [3.63, 3.8) is 0 Å². The second kappa shape index (κ2) is 17.2. The molecule has 4 heavy (non-hydrogen) atoms.